The van der Waals surface area contributed by atoms with Crippen molar-refractivity contribution in [3.05, 3.63) is 77.5 Å². The lowest BCUT2D eigenvalue weighted by atomic mass is 10.1. The molecule has 1 N–H and O–H groups in total. The van der Waals surface area contributed by atoms with Gasteiger partial charge in [0.2, 0.25) is 0 Å². The molecule has 0 radical (unpaired) electrons. The summed E-state index contributed by atoms with van der Waals surface area (Å²) in [6, 6.07) is 15.4. The lowest BCUT2D eigenvalue weighted by Crippen LogP contribution is -2.08. The Morgan fingerprint density at radius 1 is 1.05 bits per heavy atom. The van der Waals surface area contributed by atoms with E-state index in [2.05, 4.69) is 15.1 Å². The first-order valence-corrected chi connectivity index (χ1v) is 6.90. The van der Waals surface area contributed by atoms with Crippen LogP contribution in [0.3, 0.4) is 0 Å². The second kappa shape index (κ2) is 4.96. The fraction of sp³-hybridized carbons (Fsp3) is 0. The molecule has 0 saturated heterocycles. The number of aromatic amines is 1. The van der Waals surface area contributed by atoms with Crippen LogP contribution in [0.4, 0.5) is 0 Å². The smallest absolute Gasteiger partial charge is 0.257 e. The van der Waals surface area contributed by atoms with Crippen molar-refractivity contribution in [2.75, 3.05) is 0 Å². The third kappa shape index (κ3) is 2.09. The molecule has 22 heavy (non-hydrogen) atoms. The summed E-state index contributed by atoms with van der Waals surface area (Å²) in [6.07, 6.45) is 5.20. The van der Waals surface area contributed by atoms with Crippen LogP contribution in [0.25, 0.3) is 27.8 Å². The van der Waals surface area contributed by atoms with E-state index in [-0.39, 0.29) is 5.56 Å². The molecule has 0 spiro atoms. The number of aromatic nitrogens is 4. The Morgan fingerprint density at radius 3 is 2.77 bits per heavy atom. The molecule has 0 atom stereocenters. The minimum Gasteiger partial charge on any atom is -0.306 e. The number of fused-ring (bicyclic) bond motifs is 1. The van der Waals surface area contributed by atoms with Gasteiger partial charge in [-0.05, 0) is 30.3 Å². The van der Waals surface area contributed by atoms with Crippen LogP contribution in [0.5, 0.6) is 0 Å². The van der Waals surface area contributed by atoms with Crippen molar-refractivity contribution in [3.63, 3.8) is 0 Å². The molecule has 0 aliphatic heterocycles. The predicted octanol–water partition coefficient (Wildman–Crippen LogP) is 2.78. The predicted molar refractivity (Wildman–Crippen MR) is 84.9 cm³/mol. The molecule has 106 valence electrons. The molecule has 0 fully saturated rings. The number of rotatable bonds is 2. The molecule has 0 bridgehead atoms. The maximum absolute atomic E-state index is 12.2. The van der Waals surface area contributed by atoms with Gasteiger partial charge in [0, 0.05) is 23.3 Å². The molecule has 0 aliphatic rings. The molecule has 1 aromatic carbocycles. The van der Waals surface area contributed by atoms with E-state index in [4.69, 9.17) is 0 Å². The quantitative estimate of drug-likeness (QED) is 0.617. The van der Waals surface area contributed by atoms with E-state index >= 15 is 0 Å². The third-order valence-electron chi connectivity index (χ3n) is 3.53. The van der Waals surface area contributed by atoms with Gasteiger partial charge in [0.05, 0.1) is 17.4 Å². The molecule has 3 aromatic heterocycles. The standard InChI is InChI=1S/C17H12N4O/c22-17-15(9-12-5-4-8-18-16(12)20-17)13-10-19-21(11-13)14-6-2-1-3-7-14/h1-11H,(H,18,20,22). The van der Waals surface area contributed by atoms with Crippen molar-refractivity contribution in [2.45, 2.75) is 0 Å². The summed E-state index contributed by atoms with van der Waals surface area (Å²) in [5.41, 5.74) is 2.73. The molecule has 4 rings (SSSR count). The molecule has 0 amide bonds. The van der Waals surface area contributed by atoms with E-state index in [1.165, 1.54) is 0 Å². The van der Waals surface area contributed by atoms with Crippen molar-refractivity contribution >= 4 is 11.0 Å². The van der Waals surface area contributed by atoms with Gasteiger partial charge < -0.3 is 4.98 Å². The van der Waals surface area contributed by atoms with Gasteiger partial charge in [0.25, 0.3) is 5.56 Å². The molecule has 0 saturated carbocycles. The van der Waals surface area contributed by atoms with Gasteiger partial charge in [-0.15, -0.1) is 0 Å². The maximum Gasteiger partial charge on any atom is 0.257 e. The fourth-order valence-corrected chi connectivity index (χ4v) is 2.43. The summed E-state index contributed by atoms with van der Waals surface area (Å²) in [5, 5.41) is 5.23. The average Bonchev–Trinajstić information content (AvgIpc) is 3.05. The van der Waals surface area contributed by atoms with Crippen molar-refractivity contribution in [2.24, 2.45) is 0 Å². The fourth-order valence-electron chi connectivity index (χ4n) is 2.43. The number of nitrogens with one attached hydrogen (secondary N) is 1. The summed E-state index contributed by atoms with van der Waals surface area (Å²) in [6.45, 7) is 0. The van der Waals surface area contributed by atoms with Gasteiger partial charge in [0.15, 0.2) is 0 Å². The zero-order chi connectivity index (χ0) is 14.9. The van der Waals surface area contributed by atoms with Crippen LogP contribution in [-0.2, 0) is 0 Å². The molecule has 5 nitrogen and oxygen atoms in total. The number of pyridine rings is 2. The second-order valence-corrected chi connectivity index (χ2v) is 4.96. The zero-order valence-corrected chi connectivity index (χ0v) is 11.6. The molecule has 0 unspecified atom stereocenters. The van der Waals surface area contributed by atoms with Gasteiger partial charge in [-0.25, -0.2) is 9.67 Å². The summed E-state index contributed by atoms with van der Waals surface area (Å²) >= 11 is 0. The van der Waals surface area contributed by atoms with Crippen LogP contribution in [0.15, 0.2) is 71.9 Å². The van der Waals surface area contributed by atoms with Crippen LogP contribution < -0.4 is 5.56 Å². The minimum atomic E-state index is -0.168. The first-order chi connectivity index (χ1) is 10.8. The highest BCUT2D eigenvalue weighted by molar-refractivity contribution is 5.80. The highest BCUT2D eigenvalue weighted by Crippen LogP contribution is 2.19. The van der Waals surface area contributed by atoms with Crippen LogP contribution >= 0.6 is 0 Å². The summed E-state index contributed by atoms with van der Waals surface area (Å²) < 4.78 is 1.75. The second-order valence-electron chi connectivity index (χ2n) is 4.96. The number of hydrogen-bond donors (Lipinski definition) is 1. The average molecular weight is 288 g/mol. The van der Waals surface area contributed by atoms with Crippen LogP contribution in [-0.4, -0.2) is 19.7 Å². The zero-order valence-electron chi connectivity index (χ0n) is 11.6. The molecule has 0 aliphatic carbocycles. The van der Waals surface area contributed by atoms with Crippen LogP contribution in [0, 0.1) is 0 Å². The Labute approximate surface area is 125 Å². The van der Waals surface area contributed by atoms with E-state index in [1.807, 2.05) is 54.7 Å². The van der Waals surface area contributed by atoms with E-state index in [1.54, 1.807) is 17.1 Å². The Kier molecular flexibility index (Phi) is 2.83. The van der Waals surface area contributed by atoms with E-state index in [9.17, 15) is 4.79 Å². The molecule has 4 aromatic rings. The summed E-state index contributed by atoms with van der Waals surface area (Å²) in [5.74, 6) is 0. The van der Waals surface area contributed by atoms with Crippen molar-refractivity contribution in [3.8, 4) is 16.8 Å². The first-order valence-electron chi connectivity index (χ1n) is 6.90. The number of hydrogen-bond acceptors (Lipinski definition) is 3. The van der Waals surface area contributed by atoms with E-state index < -0.39 is 0 Å². The lowest BCUT2D eigenvalue weighted by Gasteiger charge is -2.01. The van der Waals surface area contributed by atoms with Crippen molar-refractivity contribution in [1.29, 1.82) is 0 Å². The Balaban J connectivity index is 1.84. The van der Waals surface area contributed by atoms with Crippen LogP contribution in [0.1, 0.15) is 0 Å². The Bertz CT molecular complexity index is 1000. The van der Waals surface area contributed by atoms with Crippen molar-refractivity contribution in [1.82, 2.24) is 19.7 Å². The van der Waals surface area contributed by atoms with E-state index in [0.29, 0.717) is 11.2 Å². The van der Waals surface area contributed by atoms with Gasteiger partial charge in [-0.1, -0.05) is 18.2 Å². The molecule has 5 heteroatoms. The largest absolute Gasteiger partial charge is 0.306 e. The summed E-state index contributed by atoms with van der Waals surface area (Å²) in [4.78, 5) is 19.2. The number of para-hydroxylation sites is 1. The highest BCUT2D eigenvalue weighted by Gasteiger charge is 2.09. The molecule has 3 heterocycles. The van der Waals surface area contributed by atoms with Gasteiger partial charge in [0.1, 0.15) is 5.65 Å². The monoisotopic (exact) mass is 288 g/mol. The van der Waals surface area contributed by atoms with Crippen molar-refractivity contribution < 1.29 is 0 Å². The third-order valence-corrected chi connectivity index (χ3v) is 3.53. The van der Waals surface area contributed by atoms with E-state index in [0.717, 1.165) is 16.6 Å². The number of benzene rings is 1. The maximum atomic E-state index is 12.2. The van der Waals surface area contributed by atoms with Gasteiger partial charge in [-0.3, -0.25) is 4.79 Å². The number of nitrogens with zero attached hydrogens (tertiary/aromatic N) is 3. The minimum absolute atomic E-state index is 0.168. The SMILES string of the molecule is O=c1[nH]c2ncccc2cc1-c1cnn(-c2ccccc2)c1. The Morgan fingerprint density at radius 2 is 1.91 bits per heavy atom. The van der Waals surface area contributed by atoms with Crippen LogP contribution in [0.2, 0.25) is 0 Å². The molecular weight excluding hydrogens is 276 g/mol. The topological polar surface area (TPSA) is 63.6 Å². The lowest BCUT2D eigenvalue weighted by molar-refractivity contribution is 0.881. The van der Waals surface area contributed by atoms with Gasteiger partial charge >= 0.3 is 0 Å². The molecular formula is C17H12N4O. The summed E-state index contributed by atoms with van der Waals surface area (Å²) in [7, 11) is 0. The first kappa shape index (κ1) is 12.5. The number of H-pyrrole nitrogens is 1. The van der Waals surface area contributed by atoms with Gasteiger partial charge in [-0.2, -0.15) is 5.10 Å². The normalized spacial score (nSPS) is 10.9. The highest BCUT2D eigenvalue weighted by atomic mass is 16.1. The Hall–Kier alpha value is -3.21.